The summed E-state index contributed by atoms with van der Waals surface area (Å²) in [6.45, 7) is 2.37. The molecule has 25 heavy (non-hydrogen) atoms. The molecule has 1 aliphatic rings. The number of carbonyl (C=O) groups is 1. The number of anilines is 1. The van der Waals surface area contributed by atoms with Crippen molar-refractivity contribution in [2.75, 3.05) is 11.9 Å². The van der Waals surface area contributed by atoms with Crippen molar-refractivity contribution in [3.63, 3.8) is 0 Å². The van der Waals surface area contributed by atoms with Gasteiger partial charge in [0.25, 0.3) is 5.91 Å². The number of hydrazine groups is 1. The predicted molar refractivity (Wildman–Crippen MR) is 107 cm³/mol. The minimum absolute atomic E-state index is 0.134. The van der Waals surface area contributed by atoms with Crippen LogP contribution in [-0.2, 0) is 4.79 Å². The normalized spacial score (nSPS) is 20.0. The molecule has 1 saturated carbocycles. The number of hydrogen-bond donors (Lipinski definition) is 4. The molecule has 0 radical (unpaired) electrons. The van der Waals surface area contributed by atoms with E-state index in [2.05, 4.69) is 33.4 Å². The number of hydrogen-bond acceptors (Lipinski definition) is 5. The van der Waals surface area contributed by atoms with E-state index in [4.69, 9.17) is 12.2 Å². The molecule has 2 aromatic rings. The van der Waals surface area contributed by atoms with Gasteiger partial charge in [-0.15, -0.1) is 0 Å². The molecule has 8 heteroatoms. The quantitative estimate of drug-likeness (QED) is 0.485. The monoisotopic (exact) mass is 377 g/mol. The minimum atomic E-state index is -0.194. The summed E-state index contributed by atoms with van der Waals surface area (Å²) in [5, 5.41) is 7.52. The first-order valence-electron chi connectivity index (χ1n) is 8.56. The molecule has 1 aliphatic carbocycles. The summed E-state index contributed by atoms with van der Waals surface area (Å²) in [4.78, 5) is 16.4. The first kappa shape index (κ1) is 17.9. The first-order chi connectivity index (χ1) is 12.1. The Kier molecular flexibility index (Phi) is 6.04. The van der Waals surface area contributed by atoms with Gasteiger partial charge in [-0.1, -0.05) is 43.2 Å². The summed E-state index contributed by atoms with van der Waals surface area (Å²) in [5.74, 6) is 0.407. The van der Waals surface area contributed by atoms with Gasteiger partial charge in [-0.25, -0.2) is 4.98 Å². The number of nitrogens with zero attached hydrogens (tertiary/aromatic N) is 1. The number of fused-ring (bicyclic) bond motifs is 1. The van der Waals surface area contributed by atoms with Crippen molar-refractivity contribution in [1.82, 2.24) is 21.2 Å². The summed E-state index contributed by atoms with van der Waals surface area (Å²) in [5.41, 5.74) is 6.32. The van der Waals surface area contributed by atoms with Crippen LogP contribution in [0.4, 0.5) is 5.13 Å². The third-order valence-corrected chi connectivity index (χ3v) is 5.65. The molecule has 0 bridgehead atoms. The van der Waals surface area contributed by atoms with Crippen molar-refractivity contribution in [2.24, 2.45) is 5.92 Å². The Balaban J connectivity index is 1.39. The number of benzene rings is 1. The lowest BCUT2D eigenvalue weighted by molar-refractivity contribution is -0.119. The van der Waals surface area contributed by atoms with Crippen LogP contribution in [0.25, 0.3) is 10.2 Å². The molecule has 134 valence electrons. The zero-order chi connectivity index (χ0) is 17.6. The summed E-state index contributed by atoms with van der Waals surface area (Å²) in [6, 6.07) is 8.27. The molecule has 0 unspecified atom stereocenters. The Labute approximate surface area is 156 Å². The maximum atomic E-state index is 11.9. The highest BCUT2D eigenvalue weighted by Crippen LogP contribution is 2.25. The van der Waals surface area contributed by atoms with E-state index in [0.717, 1.165) is 21.8 Å². The van der Waals surface area contributed by atoms with Crippen molar-refractivity contribution < 1.29 is 4.79 Å². The average molecular weight is 378 g/mol. The zero-order valence-corrected chi connectivity index (χ0v) is 15.8. The molecular weight excluding hydrogens is 354 g/mol. The molecule has 1 aromatic heterocycles. The molecule has 1 fully saturated rings. The Hall–Kier alpha value is -1.93. The molecule has 1 amide bonds. The van der Waals surface area contributed by atoms with E-state index in [1.165, 1.54) is 30.6 Å². The van der Waals surface area contributed by atoms with Gasteiger partial charge in [0.15, 0.2) is 10.2 Å². The average Bonchev–Trinajstić information content (AvgIpc) is 3.03. The van der Waals surface area contributed by atoms with E-state index in [-0.39, 0.29) is 12.5 Å². The molecule has 0 aliphatic heterocycles. The van der Waals surface area contributed by atoms with Crippen LogP contribution in [0.1, 0.15) is 32.6 Å². The van der Waals surface area contributed by atoms with Crippen LogP contribution in [0, 0.1) is 5.92 Å². The van der Waals surface area contributed by atoms with E-state index >= 15 is 0 Å². The summed E-state index contributed by atoms with van der Waals surface area (Å²) < 4.78 is 1.09. The zero-order valence-electron chi connectivity index (χ0n) is 14.2. The third kappa shape index (κ3) is 5.02. The second kappa shape index (κ2) is 8.44. The number of thiocarbonyl (C=S) groups is 1. The number of thiazole rings is 1. The lowest BCUT2D eigenvalue weighted by atomic mass is 9.86. The highest BCUT2D eigenvalue weighted by Gasteiger charge is 2.21. The number of amides is 1. The summed E-state index contributed by atoms with van der Waals surface area (Å²) in [7, 11) is 0. The molecule has 1 aromatic carbocycles. The fourth-order valence-corrected chi connectivity index (χ4v) is 4.07. The van der Waals surface area contributed by atoms with Crippen LogP contribution < -0.4 is 21.5 Å². The smallest absolute Gasteiger partial charge is 0.257 e. The van der Waals surface area contributed by atoms with E-state index in [0.29, 0.717) is 17.1 Å². The van der Waals surface area contributed by atoms with Crippen LogP contribution in [0.5, 0.6) is 0 Å². The summed E-state index contributed by atoms with van der Waals surface area (Å²) >= 11 is 6.79. The highest BCUT2D eigenvalue weighted by molar-refractivity contribution is 7.80. The number of para-hydroxylation sites is 1. The van der Waals surface area contributed by atoms with Gasteiger partial charge in [0.1, 0.15) is 0 Å². The second-order valence-electron chi connectivity index (χ2n) is 6.36. The van der Waals surface area contributed by atoms with Gasteiger partial charge in [0.2, 0.25) is 0 Å². The van der Waals surface area contributed by atoms with Gasteiger partial charge >= 0.3 is 0 Å². The van der Waals surface area contributed by atoms with Gasteiger partial charge in [-0.3, -0.25) is 15.6 Å². The van der Waals surface area contributed by atoms with Gasteiger partial charge in [0, 0.05) is 6.04 Å². The molecule has 0 spiro atoms. The van der Waals surface area contributed by atoms with Gasteiger partial charge in [0.05, 0.1) is 16.8 Å². The second-order valence-corrected chi connectivity index (χ2v) is 7.79. The molecule has 1 heterocycles. The maximum Gasteiger partial charge on any atom is 0.257 e. The van der Waals surface area contributed by atoms with Gasteiger partial charge in [-0.2, -0.15) is 0 Å². The lowest BCUT2D eigenvalue weighted by Gasteiger charge is -2.30. The predicted octanol–water partition coefficient (Wildman–Crippen LogP) is 2.78. The van der Waals surface area contributed by atoms with Crippen LogP contribution in [0.2, 0.25) is 0 Å². The highest BCUT2D eigenvalue weighted by atomic mass is 32.1. The van der Waals surface area contributed by atoms with Crippen molar-refractivity contribution in [1.29, 1.82) is 0 Å². The van der Waals surface area contributed by atoms with E-state index in [1.807, 2.05) is 24.3 Å². The summed E-state index contributed by atoms with van der Waals surface area (Å²) in [6.07, 6.45) is 4.85. The molecule has 4 N–H and O–H groups in total. The number of nitrogens with one attached hydrogen (secondary N) is 4. The van der Waals surface area contributed by atoms with Crippen molar-refractivity contribution in [3.8, 4) is 0 Å². The molecule has 0 saturated heterocycles. The fraction of sp³-hybridized carbons (Fsp3) is 0.471. The van der Waals surface area contributed by atoms with Gasteiger partial charge < -0.3 is 10.6 Å². The topological polar surface area (TPSA) is 78.1 Å². The van der Waals surface area contributed by atoms with E-state index < -0.39 is 0 Å². The Morgan fingerprint density at radius 2 is 2.08 bits per heavy atom. The van der Waals surface area contributed by atoms with E-state index in [1.54, 1.807) is 0 Å². The van der Waals surface area contributed by atoms with Crippen LogP contribution in [0.15, 0.2) is 24.3 Å². The minimum Gasteiger partial charge on any atom is -0.358 e. The Bertz CT molecular complexity index is 714. The third-order valence-electron chi connectivity index (χ3n) is 4.44. The molecular formula is C17H23N5OS2. The maximum absolute atomic E-state index is 11.9. The van der Waals surface area contributed by atoms with Crippen molar-refractivity contribution in [3.05, 3.63) is 24.3 Å². The van der Waals surface area contributed by atoms with E-state index in [9.17, 15) is 4.79 Å². The number of rotatable bonds is 4. The van der Waals surface area contributed by atoms with Gasteiger partial charge in [-0.05, 0) is 43.1 Å². The largest absolute Gasteiger partial charge is 0.358 e. The number of aromatic nitrogens is 1. The lowest BCUT2D eigenvalue weighted by Crippen LogP contribution is -2.52. The Morgan fingerprint density at radius 1 is 1.28 bits per heavy atom. The van der Waals surface area contributed by atoms with Crippen LogP contribution in [-0.4, -0.2) is 28.6 Å². The SMILES string of the molecule is C[C@H]1CCCC[C@H]1NC(=S)NNC(=O)CNc1nc2ccccc2s1. The number of carbonyl (C=O) groups excluding carboxylic acids is 1. The van der Waals surface area contributed by atoms with Crippen molar-refractivity contribution in [2.45, 2.75) is 38.6 Å². The van der Waals surface area contributed by atoms with Crippen LogP contribution >= 0.6 is 23.6 Å². The molecule has 3 rings (SSSR count). The Morgan fingerprint density at radius 3 is 2.88 bits per heavy atom. The first-order valence-corrected chi connectivity index (χ1v) is 9.79. The molecule has 6 nitrogen and oxygen atoms in total. The van der Waals surface area contributed by atoms with Crippen molar-refractivity contribution >= 4 is 49.9 Å². The fourth-order valence-electron chi connectivity index (χ4n) is 3.01. The van der Waals surface area contributed by atoms with Crippen LogP contribution in [0.3, 0.4) is 0 Å². The molecule has 2 atom stereocenters. The standard InChI is InChI=1S/C17H23N5OS2/c1-11-6-2-3-7-12(11)19-16(24)22-21-15(23)10-18-17-20-13-8-4-5-9-14(13)25-17/h4-5,8-9,11-12H,2-3,6-7,10H2,1H3,(H,18,20)(H,21,23)(H2,19,22,24)/t11-,12+/m0/s1.